The van der Waals surface area contributed by atoms with Crippen molar-refractivity contribution in [3.05, 3.63) is 70.3 Å². The van der Waals surface area contributed by atoms with Crippen LogP contribution in [0.5, 0.6) is 0 Å². The third-order valence-corrected chi connectivity index (χ3v) is 8.82. The molecule has 0 amide bonds. The van der Waals surface area contributed by atoms with E-state index in [-0.39, 0.29) is 41.3 Å². The first-order chi connectivity index (χ1) is 17.4. The Morgan fingerprint density at radius 2 is 1.73 bits per heavy atom. The molecule has 0 radical (unpaired) electrons. The zero-order valence-corrected chi connectivity index (χ0v) is 21.2. The Labute approximate surface area is 214 Å². The number of rotatable bonds is 7. The summed E-state index contributed by atoms with van der Waals surface area (Å²) in [5.74, 6) is -0.0827. The van der Waals surface area contributed by atoms with Crippen LogP contribution in [0, 0.1) is 5.92 Å². The van der Waals surface area contributed by atoms with E-state index in [1.165, 1.54) is 18.7 Å². The number of hydrogen-bond donors (Lipinski definition) is 2. The van der Waals surface area contributed by atoms with Crippen LogP contribution < -0.4 is 4.72 Å². The molecule has 0 bridgehead atoms. The number of nitrogens with one attached hydrogen (secondary N) is 1. The lowest BCUT2D eigenvalue weighted by atomic mass is 9.77. The van der Waals surface area contributed by atoms with Gasteiger partial charge in [0.15, 0.2) is 0 Å². The summed E-state index contributed by atoms with van der Waals surface area (Å²) in [6.07, 6.45) is 1.20. The topological polar surface area (TPSA) is 96.4 Å². The van der Waals surface area contributed by atoms with Gasteiger partial charge in [0.25, 0.3) is 10.0 Å². The van der Waals surface area contributed by atoms with Crippen LogP contribution in [0.1, 0.15) is 63.4 Å². The van der Waals surface area contributed by atoms with E-state index in [4.69, 9.17) is 5.11 Å². The number of anilines is 1. The number of halogens is 3. The van der Waals surface area contributed by atoms with E-state index in [0.717, 1.165) is 37.3 Å². The molecule has 1 aromatic heterocycles. The number of alkyl halides is 3. The molecule has 1 fully saturated rings. The highest BCUT2D eigenvalue weighted by atomic mass is 32.2. The maximum atomic E-state index is 12.9. The van der Waals surface area contributed by atoms with Crippen molar-refractivity contribution in [1.82, 2.24) is 4.98 Å². The van der Waals surface area contributed by atoms with E-state index in [1.54, 1.807) is 12.1 Å². The van der Waals surface area contributed by atoms with Crippen molar-refractivity contribution in [2.45, 2.75) is 64.0 Å². The van der Waals surface area contributed by atoms with Gasteiger partial charge in [0, 0.05) is 17.6 Å². The molecule has 10 heteroatoms. The lowest BCUT2D eigenvalue weighted by molar-refractivity contribution is -0.138. The van der Waals surface area contributed by atoms with E-state index in [1.807, 2.05) is 12.1 Å². The molecule has 1 saturated carbocycles. The Morgan fingerprint density at radius 1 is 1.05 bits per heavy atom. The van der Waals surface area contributed by atoms with Gasteiger partial charge < -0.3 is 5.11 Å². The van der Waals surface area contributed by atoms with Crippen molar-refractivity contribution in [3.8, 4) is 11.3 Å². The van der Waals surface area contributed by atoms with E-state index < -0.39 is 27.7 Å². The number of sulfonamides is 1. The van der Waals surface area contributed by atoms with Gasteiger partial charge in [-0.3, -0.25) is 14.5 Å². The van der Waals surface area contributed by atoms with Crippen LogP contribution in [-0.2, 0) is 14.8 Å². The lowest BCUT2D eigenvalue weighted by Crippen LogP contribution is -2.21. The zero-order valence-electron chi connectivity index (χ0n) is 20.4. The Balaban J connectivity index is 1.40. The van der Waals surface area contributed by atoms with Crippen LogP contribution in [0.25, 0.3) is 11.3 Å². The molecule has 0 spiro atoms. The number of aliphatic carboxylic acids is 1. The minimum Gasteiger partial charge on any atom is -0.481 e. The predicted molar refractivity (Wildman–Crippen MR) is 135 cm³/mol. The number of carbonyl (C=O) groups is 1. The highest BCUT2D eigenvalue weighted by Crippen LogP contribution is 2.38. The fourth-order valence-corrected chi connectivity index (χ4v) is 6.55. The molecule has 1 heterocycles. The molecule has 0 atom stereocenters. The number of pyridine rings is 1. The molecule has 2 aliphatic carbocycles. The smallest absolute Gasteiger partial charge is 0.412 e. The molecule has 2 aliphatic rings. The molecular formula is C27H29F3N2O4S. The standard InChI is InChI=1S/C27H29F3N2O4S/c1-17-14-22(27(28,29)30)10-13-25(17)37(35,36)32-23-11-12-24(31-16-23)21-8-6-20(7-9-21)19-4-2-18(3-5-19)15-26(33)34/h6-9,11-12,14,16,18-19,32H,2-5,10,13,15H2,1H3,(H,33,34). The summed E-state index contributed by atoms with van der Waals surface area (Å²) in [7, 11) is -4.02. The molecule has 4 rings (SSSR count). The summed E-state index contributed by atoms with van der Waals surface area (Å²) >= 11 is 0. The fraction of sp³-hybridized carbons (Fsp3) is 0.407. The number of nitrogens with zero attached hydrogens (tertiary/aromatic N) is 1. The second-order valence-corrected chi connectivity index (χ2v) is 11.5. The number of carboxylic acid groups (broad SMARTS) is 1. The summed E-state index contributed by atoms with van der Waals surface area (Å²) in [5.41, 5.74) is 2.31. The first kappa shape index (κ1) is 26.9. The van der Waals surface area contributed by atoms with Gasteiger partial charge in [0.2, 0.25) is 0 Å². The molecule has 0 saturated heterocycles. The average molecular weight is 535 g/mol. The monoisotopic (exact) mass is 534 g/mol. The second kappa shape index (κ2) is 10.7. The molecule has 2 aromatic rings. The largest absolute Gasteiger partial charge is 0.481 e. The number of benzene rings is 1. The van der Waals surface area contributed by atoms with Gasteiger partial charge >= 0.3 is 12.1 Å². The van der Waals surface area contributed by atoms with Gasteiger partial charge in [0.1, 0.15) is 0 Å². The van der Waals surface area contributed by atoms with Gasteiger partial charge in [-0.1, -0.05) is 30.3 Å². The Bertz CT molecular complexity index is 1310. The van der Waals surface area contributed by atoms with Crippen LogP contribution in [-0.4, -0.2) is 30.7 Å². The van der Waals surface area contributed by atoms with E-state index in [0.29, 0.717) is 11.6 Å². The molecular weight excluding hydrogens is 505 g/mol. The van der Waals surface area contributed by atoms with E-state index >= 15 is 0 Å². The third-order valence-electron chi connectivity index (χ3n) is 7.14. The molecule has 2 N–H and O–H groups in total. The van der Waals surface area contributed by atoms with Gasteiger partial charge in [-0.15, -0.1) is 0 Å². The highest BCUT2D eigenvalue weighted by Gasteiger charge is 2.36. The minimum absolute atomic E-state index is 0.0582. The number of aromatic nitrogens is 1. The van der Waals surface area contributed by atoms with Crippen LogP contribution in [0.15, 0.2) is 64.7 Å². The molecule has 0 unspecified atom stereocenters. The van der Waals surface area contributed by atoms with Crippen molar-refractivity contribution in [3.63, 3.8) is 0 Å². The number of hydrogen-bond acceptors (Lipinski definition) is 4. The van der Waals surface area contributed by atoms with Crippen molar-refractivity contribution in [2.75, 3.05) is 4.72 Å². The zero-order chi connectivity index (χ0) is 26.8. The summed E-state index contributed by atoms with van der Waals surface area (Å²) in [6.45, 7) is 1.37. The minimum atomic E-state index is -4.47. The Kier molecular flexibility index (Phi) is 7.77. The molecule has 198 valence electrons. The maximum absolute atomic E-state index is 12.9. The van der Waals surface area contributed by atoms with Gasteiger partial charge in [-0.2, -0.15) is 13.2 Å². The molecule has 6 nitrogen and oxygen atoms in total. The quantitative estimate of drug-likeness (QED) is 0.408. The summed E-state index contributed by atoms with van der Waals surface area (Å²) in [4.78, 5) is 15.2. The van der Waals surface area contributed by atoms with Gasteiger partial charge in [0.05, 0.1) is 22.5 Å². The Hall–Kier alpha value is -3.14. The SMILES string of the molecule is CC1=C(S(=O)(=O)Nc2ccc(-c3ccc(C4CCC(CC(=O)O)CC4)cc3)nc2)CCC(C(F)(F)F)=C1. The summed E-state index contributed by atoms with van der Waals surface area (Å²) in [6, 6.07) is 11.3. The number of allylic oxidation sites excluding steroid dienone is 4. The van der Waals surface area contributed by atoms with Crippen LogP contribution >= 0.6 is 0 Å². The normalized spacial score (nSPS) is 20.9. The van der Waals surface area contributed by atoms with E-state index in [2.05, 4.69) is 21.8 Å². The van der Waals surface area contributed by atoms with Gasteiger partial charge in [-0.25, -0.2) is 8.42 Å². The Morgan fingerprint density at radius 3 is 2.27 bits per heavy atom. The lowest BCUT2D eigenvalue weighted by Gasteiger charge is -2.28. The fourth-order valence-electron chi connectivity index (χ4n) is 5.14. The molecule has 1 aromatic carbocycles. The van der Waals surface area contributed by atoms with Crippen molar-refractivity contribution in [1.29, 1.82) is 0 Å². The second-order valence-electron chi connectivity index (χ2n) is 9.75. The van der Waals surface area contributed by atoms with Crippen LogP contribution in [0.3, 0.4) is 0 Å². The molecule has 37 heavy (non-hydrogen) atoms. The van der Waals surface area contributed by atoms with Crippen molar-refractivity contribution in [2.24, 2.45) is 5.92 Å². The first-order valence-corrected chi connectivity index (χ1v) is 13.7. The van der Waals surface area contributed by atoms with Crippen LogP contribution in [0.2, 0.25) is 0 Å². The highest BCUT2D eigenvalue weighted by molar-refractivity contribution is 7.96. The average Bonchev–Trinajstić information content (AvgIpc) is 2.84. The van der Waals surface area contributed by atoms with Crippen molar-refractivity contribution < 1.29 is 31.5 Å². The third kappa shape index (κ3) is 6.60. The predicted octanol–water partition coefficient (Wildman–Crippen LogP) is 6.80. The number of carboxylic acids is 1. The van der Waals surface area contributed by atoms with Gasteiger partial charge in [-0.05, 0) is 80.6 Å². The summed E-state index contributed by atoms with van der Waals surface area (Å²) < 4.78 is 66.9. The maximum Gasteiger partial charge on any atom is 0.412 e. The molecule has 0 aliphatic heterocycles. The first-order valence-electron chi connectivity index (χ1n) is 12.2. The summed E-state index contributed by atoms with van der Waals surface area (Å²) in [5, 5.41) is 8.99. The van der Waals surface area contributed by atoms with Crippen molar-refractivity contribution >= 4 is 21.7 Å². The van der Waals surface area contributed by atoms with Crippen LogP contribution in [0.4, 0.5) is 18.9 Å². The van der Waals surface area contributed by atoms with E-state index in [9.17, 15) is 26.4 Å².